The van der Waals surface area contributed by atoms with Crippen LogP contribution in [0.3, 0.4) is 0 Å². The molecule has 0 unspecified atom stereocenters. The molecule has 0 spiro atoms. The van der Waals surface area contributed by atoms with Crippen LogP contribution >= 0.6 is 15.9 Å². The molecule has 2 rings (SSSR count). The highest BCUT2D eigenvalue weighted by molar-refractivity contribution is 9.10. The van der Waals surface area contributed by atoms with Crippen molar-refractivity contribution >= 4 is 27.9 Å². The first kappa shape index (κ1) is 12.4. The number of nitrogens with one attached hydrogen (secondary N) is 1. The second kappa shape index (κ2) is 6.01. The van der Waals surface area contributed by atoms with E-state index in [2.05, 4.69) is 21.2 Å². The Morgan fingerprint density at radius 3 is 2.71 bits per heavy atom. The fourth-order valence-electron chi connectivity index (χ4n) is 2.10. The quantitative estimate of drug-likeness (QED) is 0.849. The Bertz CT molecular complexity index is 422. The van der Waals surface area contributed by atoms with E-state index in [9.17, 15) is 4.79 Å². The molecule has 1 aliphatic carbocycles. The van der Waals surface area contributed by atoms with Crippen LogP contribution in [0.2, 0.25) is 0 Å². The zero-order valence-corrected chi connectivity index (χ0v) is 11.2. The Hall–Kier alpha value is -1.09. The lowest BCUT2D eigenvalue weighted by atomic mass is 10.2. The van der Waals surface area contributed by atoms with Crippen LogP contribution in [0.25, 0.3) is 6.08 Å². The summed E-state index contributed by atoms with van der Waals surface area (Å²) in [6.45, 7) is 0. The number of carbonyl (C=O) groups is 1. The van der Waals surface area contributed by atoms with Gasteiger partial charge in [-0.3, -0.25) is 4.79 Å². The molecular formula is C14H16BrNO. The van der Waals surface area contributed by atoms with Gasteiger partial charge in [-0.15, -0.1) is 0 Å². The lowest BCUT2D eigenvalue weighted by molar-refractivity contribution is -0.117. The summed E-state index contributed by atoms with van der Waals surface area (Å²) in [6.07, 6.45) is 8.16. The average Bonchev–Trinajstić information content (AvgIpc) is 2.81. The Morgan fingerprint density at radius 1 is 1.29 bits per heavy atom. The van der Waals surface area contributed by atoms with Gasteiger partial charge in [0, 0.05) is 16.6 Å². The largest absolute Gasteiger partial charge is 0.350 e. The predicted molar refractivity (Wildman–Crippen MR) is 73.6 cm³/mol. The second-order valence-electron chi connectivity index (χ2n) is 4.34. The normalized spacial score (nSPS) is 16.5. The molecule has 0 atom stereocenters. The van der Waals surface area contributed by atoms with E-state index in [1.165, 1.54) is 12.8 Å². The fourth-order valence-corrected chi connectivity index (χ4v) is 2.51. The maximum absolute atomic E-state index is 11.7. The van der Waals surface area contributed by atoms with Crippen LogP contribution in [0.15, 0.2) is 34.8 Å². The summed E-state index contributed by atoms with van der Waals surface area (Å²) in [5.74, 6) is 0.00709. The minimum atomic E-state index is 0.00709. The molecule has 1 N–H and O–H groups in total. The number of carbonyl (C=O) groups excluding carboxylic acids is 1. The predicted octanol–water partition coefficient (Wildman–Crippen LogP) is 3.52. The first-order valence-electron chi connectivity index (χ1n) is 5.99. The highest BCUT2D eigenvalue weighted by atomic mass is 79.9. The van der Waals surface area contributed by atoms with Crippen molar-refractivity contribution < 1.29 is 4.79 Å². The van der Waals surface area contributed by atoms with Gasteiger partial charge in [-0.1, -0.05) is 47.0 Å². The maximum atomic E-state index is 11.7. The van der Waals surface area contributed by atoms with Crippen LogP contribution in [0, 0.1) is 0 Å². The number of rotatable bonds is 3. The molecule has 0 heterocycles. The van der Waals surface area contributed by atoms with Crippen molar-refractivity contribution in [2.75, 3.05) is 0 Å². The van der Waals surface area contributed by atoms with Crippen LogP contribution in [0.5, 0.6) is 0 Å². The molecule has 1 aromatic carbocycles. The van der Waals surface area contributed by atoms with Gasteiger partial charge in [0.2, 0.25) is 5.91 Å². The summed E-state index contributed by atoms with van der Waals surface area (Å²) >= 11 is 3.45. The van der Waals surface area contributed by atoms with Crippen molar-refractivity contribution in [3.8, 4) is 0 Å². The van der Waals surface area contributed by atoms with Gasteiger partial charge in [-0.2, -0.15) is 0 Å². The first-order valence-corrected chi connectivity index (χ1v) is 6.78. The number of hydrogen-bond donors (Lipinski definition) is 1. The van der Waals surface area contributed by atoms with Gasteiger partial charge in [-0.25, -0.2) is 0 Å². The van der Waals surface area contributed by atoms with Crippen molar-refractivity contribution in [2.45, 2.75) is 31.7 Å². The summed E-state index contributed by atoms with van der Waals surface area (Å²) in [4.78, 5) is 11.7. The van der Waals surface area contributed by atoms with E-state index in [4.69, 9.17) is 0 Å². The van der Waals surface area contributed by atoms with Gasteiger partial charge in [0.25, 0.3) is 0 Å². The molecule has 1 amide bonds. The van der Waals surface area contributed by atoms with E-state index >= 15 is 0 Å². The van der Waals surface area contributed by atoms with Crippen LogP contribution < -0.4 is 5.32 Å². The van der Waals surface area contributed by atoms with Gasteiger partial charge < -0.3 is 5.32 Å². The summed E-state index contributed by atoms with van der Waals surface area (Å²) in [7, 11) is 0. The SMILES string of the molecule is O=C(C=Cc1ccccc1Br)NC1CCCC1. The van der Waals surface area contributed by atoms with E-state index in [1.807, 2.05) is 30.3 Å². The van der Waals surface area contributed by atoms with Gasteiger partial charge in [0.05, 0.1) is 0 Å². The molecule has 90 valence electrons. The molecule has 1 aliphatic rings. The lowest BCUT2D eigenvalue weighted by Gasteiger charge is -2.09. The third kappa shape index (κ3) is 3.70. The van der Waals surface area contributed by atoms with Crippen LogP contribution in [0.4, 0.5) is 0 Å². The zero-order valence-electron chi connectivity index (χ0n) is 9.66. The molecular weight excluding hydrogens is 278 g/mol. The molecule has 1 aromatic rings. The molecule has 0 aliphatic heterocycles. The van der Waals surface area contributed by atoms with Crippen molar-refractivity contribution in [3.05, 3.63) is 40.4 Å². The molecule has 0 bridgehead atoms. The molecule has 0 aromatic heterocycles. The van der Waals surface area contributed by atoms with E-state index in [0.29, 0.717) is 6.04 Å². The molecule has 0 radical (unpaired) electrons. The minimum Gasteiger partial charge on any atom is -0.350 e. The molecule has 1 saturated carbocycles. The molecule has 3 heteroatoms. The molecule has 17 heavy (non-hydrogen) atoms. The van der Waals surface area contributed by atoms with Gasteiger partial charge in [0.1, 0.15) is 0 Å². The first-order chi connectivity index (χ1) is 8.25. The van der Waals surface area contributed by atoms with Gasteiger partial charge in [-0.05, 0) is 30.5 Å². The van der Waals surface area contributed by atoms with Crippen LogP contribution in [-0.2, 0) is 4.79 Å². The Balaban J connectivity index is 1.91. The molecule has 2 nitrogen and oxygen atoms in total. The number of benzene rings is 1. The van der Waals surface area contributed by atoms with Crippen molar-refractivity contribution in [1.82, 2.24) is 5.32 Å². The minimum absolute atomic E-state index is 0.00709. The standard InChI is InChI=1S/C14H16BrNO/c15-13-8-4-1-5-11(13)9-10-14(17)16-12-6-2-3-7-12/h1,4-5,8-10,12H,2-3,6-7H2,(H,16,17). The Morgan fingerprint density at radius 2 is 2.00 bits per heavy atom. The van der Waals surface area contributed by atoms with E-state index in [1.54, 1.807) is 6.08 Å². The smallest absolute Gasteiger partial charge is 0.244 e. The third-order valence-corrected chi connectivity index (χ3v) is 3.74. The summed E-state index contributed by atoms with van der Waals surface area (Å²) < 4.78 is 1.00. The fraction of sp³-hybridized carbons (Fsp3) is 0.357. The van der Waals surface area contributed by atoms with E-state index in [-0.39, 0.29) is 5.91 Å². The number of halogens is 1. The highest BCUT2D eigenvalue weighted by Gasteiger charge is 2.15. The lowest BCUT2D eigenvalue weighted by Crippen LogP contribution is -2.30. The maximum Gasteiger partial charge on any atom is 0.244 e. The van der Waals surface area contributed by atoms with Gasteiger partial charge in [0.15, 0.2) is 0 Å². The summed E-state index contributed by atoms with van der Waals surface area (Å²) in [6, 6.07) is 8.24. The monoisotopic (exact) mass is 293 g/mol. The summed E-state index contributed by atoms with van der Waals surface area (Å²) in [5.41, 5.74) is 1.02. The van der Waals surface area contributed by atoms with Crippen molar-refractivity contribution in [3.63, 3.8) is 0 Å². The van der Waals surface area contributed by atoms with Crippen molar-refractivity contribution in [1.29, 1.82) is 0 Å². The highest BCUT2D eigenvalue weighted by Crippen LogP contribution is 2.18. The Kier molecular flexibility index (Phi) is 4.37. The van der Waals surface area contributed by atoms with Crippen LogP contribution in [-0.4, -0.2) is 11.9 Å². The Labute approximate surface area is 110 Å². The van der Waals surface area contributed by atoms with Gasteiger partial charge >= 0.3 is 0 Å². The third-order valence-electron chi connectivity index (χ3n) is 3.02. The van der Waals surface area contributed by atoms with E-state index in [0.717, 1.165) is 22.9 Å². The number of hydrogen-bond acceptors (Lipinski definition) is 1. The van der Waals surface area contributed by atoms with Crippen LogP contribution in [0.1, 0.15) is 31.2 Å². The summed E-state index contributed by atoms with van der Waals surface area (Å²) in [5, 5.41) is 3.03. The second-order valence-corrected chi connectivity index (χ2v) is 5.20. The molecule has 1 fully saturated rings. The van der Waals surface area contributed by atoms with Crippen molar-refractivity contribution in [2.24, 2.45) is 0 Å². The number of amides is 1. The average molecular weight is 294 g/mol. The zero-order chi connectivity index (χ0) is 12.1. The van der Waals surface area contributed by atoms with E-state index < -0.39 is 0 Å². The topological polar surface area (TPSA) is 29.1 Å². The molecule has 0 saturated heterocycles.